The molecular formula is C18H27N3. The summed E-state index contributed by atoms with van der Waals surface area (Å²) in [5, 5.41) is 7.07. The third kappa shape index (κ3) is 2.21. The first kappa shape index (κ1) is 13.4. The van der Waals surface area contributed by atoms with Gasteiger partial charge in [0.25, 0.3) is 0 Å². The third-order valence-electron chi connectivity index (χ3n) is 6.05. The van der Waals surface area contributed by atoms with Crippen LogP contribution in [0.15, 0.2) is 18.3 Å². The largest absolute Gasteiger partial charge is 0.379 e. The van der Waals surface area contributed by atoms with E-state index >= 15 is 0 Å². The minimum Gasteiger partial charge on any atom is -0.379 e. The smallest absolute Gasteiger partial charge is 0.127 e. The van der Waals surface area contributed by atoms with E-state index < -0.39 is 0 Å². The van der Waals surface area contributed by atoms with Crippen LogP contribution in [0.4, 0.5) is 11.5 Å². The Morgan fingerprint density at radius 3 is 2.43 bits per heavy atom. The van der Waals surface area contributed by atoms with Crippen molar-refractivity contribution in [3.63, 3.8) is 0 Å². The molecule has 2 atom stereocenters. The maximum Gasteiger partial charge on any atom is 0.127 e. The molecule has 3 nitrogen and oxygen atoms in total. The summed E-state index contributed by atoms with van der Waals surface area (Å²) in [5.41, 5.74) is 2.65. The molecule has 1 aromatic heterocycles. The lowest BCUT2D eigenvalue weighted by molar-refractivity contribution is -0.0972. The van der Waals surface area contributed by atoms with Gasteiger partial charge in [-0.25, -0.2) is 4.98 Å². The number of aromatic nitrogens is 1. The minimum absolute atomic E-state index is 0.315. The van der Waals surface area contributed by atoms with Gasteiger partial charge in [-0.05, 0) is 61.3 Å². The summed E-state index contributed by atoms with van der Waals surface area (Å²) in [6.45, 7) is 5.05. The van der Waals surface area contributed by atoms with Crippen molar-refractivity contribution >= 4 is 11.5 Å². The van der Waals surface area contributed by atoms with Crippen LogP contribution >= 0.6 is 0 Å². The van der Waals surface area contributed by atoms with Crippen LogP contribution in [-0.4, -0.2) is 17.6 Å². The molecule has 4 aliphatic carbocycles. The van der Waals surface area contributed by atoms with Gasteiger partial charge in [-0.2, -0.15) is 0 Å². The van der Waals surface area contributed by atoms with E-state index in [1.54, 1.807) is 0 Å². The van der Waals surface area contributed by atoms with Gasteiger partial charge in [0.05, 0.1) is 0 Å². The van der Waals surface area contributed by atoms with Crippen molar-refractivity contribution in [2.45, 2.75) is 57.9 Å². The van der Waals surface area contributed by atoms with Crippen molar-refractivity contribution in [3.05, 3.63) is 18.3 Å². The van der Waals surface area contributed by atoms with E-state index in [9.17, 15) is 0 Å². The number of anilines is 2. The third-order valence-corrected chi connectivity index (χ3v) is 6.05. The van der Waals surface area contributed by atoms with E-state index in [2.05, 4.69) is 41.6 Å². The second kappa shape index (κ2) is 4.15. The first-order valence-electron chi connectivity index (χ1n) is 8.34. The molecule has 0 aromatic carbocycles. The Bertz CT molecular complexity index is 549. The van der Waals surface area contributed by atoms with E-state index in [1.807, 2.05) is 13.2 Å². The van der Waals surface area contributed by atoms with Gasteiger partial charge in [0.15, 0.2) is 0 Å². The summed E-state index contributed by atoms with van der Waals surface area (Å²) >= 11 is 0. The summed E-state index contributed by atoms with van der Waals surface area (Å²) < 4.78 is 0. The number of rotatable bonds is 3. The highest BCUT2D eigenvalue weighted by molar-refractivity contribution is 5.53. The predicted octanol–water partition coefficient (Wildman–Crippen LogP) is 4.28. The molecule has 1 aromatic rings. The number of hydrogen-bond donors (Lipinski definition) is 2. The zero-order chi connectivity index (χ0) is 14.7. The molecule has 0 saturated heterocycles. The Hall–Kier alpha value is -1.25. The zero-order valence-corrected chi connectivity index (χ0v) is 13.5. The van der Waals surface area contributed by atoms with Crippen LogP contribution in [0, 0.1) is 16.7 Å². The summed E-state index contributed by atoms with van der Waals surface area (Å²) in [4.78, 5) is 4.33. The highest BCUT2D eigenvalue weighted by Crippen LogP contribution is 2.66. The lowest BCUT2D eigenvalue weighted by atomic mass is 9.43. The molecule has 4 saturated carbocycles. The molecule has 2 N–H and O–H groups in total. The van der Waals surface area contributed by atoms with Gasteiger partial charge >= 0.3 is 0 Å². The number of nitrogens with one attached hydrogen (secondary N) is 2. The summed E-state index contributed by atoms with van der Waals surface area (Å²) in [6, 6.07) is 4.26. The van der Waals surface area contributed by atoms with Gasteiger partial charge in [-0.15, -0.1) is 0 Å². The summed E-state index contributed by atoms with van der Waals surface area (Å²) in [7, 11) is 1.93. The number of nitrogens with zero attached hydrogens (tertiary/aromatic N) is 1. The fourth-order valence-corrected chi connectivity index (χ4v) is 6.54. The Labute approximate surface area is 127 Å². The van der Waals surface area contributed by atoms with E-state index in [1.165, 1.54) is 44.2 Å². The van der Waals surface area contributed by atoms with E-state index in [4.69, 9.17) is 0 Å². The van der Waals surface area contributed by atoms with Crippen LogP contribution in [-0.2, 0) is 0 Å². The van der Waals surface area contributed by atoms with Crippen LogP contribution in [0.25, 0.3) is 0 Å². The topological polar surface area (TPSA) is 37.0 Å². The van der Waals surface area contributed by atoms with Gasteiger partial charge in [-0.1, -0.05) is 13.8 Å². The zero-order valence-electron chi connectivity index (χ0n) is 13.5. The van der Waals surface area contributed by atoms with Gasteiger partial charge < -0.3 is 10.6 Å². The Kier molecular flexibility index (Phi) is 2.65. The second-order valence-corrected chi connectivity index (χ2v) is 8.72. The molecule has 5 rings (SSSR count). The van der Waals surface area contributed by atoms with Crippen molar-refractivity contribution in [2.24, 2.45) is 16.7 Å². The fraction of sp³-hybridized carbons (Fsp3) is 0.722. The molecule has 0 radical (unpaired) electrons. The van der Waals surface area contributed by atoms with Crippen molar-refractivity contribution in [3.8, 4) is 0 Å². The van der Waals surface area contributed by atoms with Gasteiger partial charge in [0, 0.05) is 30.5 Å². The molecule has 0 amide bonds. The molecule has 0 spiro atoms. The van der Waals surface area contributed by atoms with E-state index in [-0.39, 0.29) is 0 Å². The number of hydrogen-bond acceptors (Lipinski definition) is 3. The lowest BCUT2D eigenvalue weighted by Crippen LogP contribution is -2.61. The van der Waals surface area contributed by atoms with Crippen molar-refractivity contribution in [1.29, 1.82) is 0 Å². The molecule has 4 aliphatic rings. The van der Waals surface area contributed by atoms with Crippen molar-refractivity contribution in [1.82, 2.24) is 4.98 Å². The summed E-state index contributed by atoms with van der Waals surface area (Å²) in [5.74, 6) is 1.87. The average Bonchev–Trinajstić information content (AvgIpc) is 2.33. The highest BCUT2D eigenvalue weighted by atomic mass is 15.0. The van der Waals surface area contributed by atoms with Crippen molar-refractivity contribution in [2.75, 3.05) is 17.7 Å². The molecule has 4 bridgehead atoms. The standard InChI is InChI=1S/C18H27N3/c1-16-7-13-8-17(2,10-16)12-18(9-13,11-16)21-14-4-5-20-15(6-14)19-3/h4-6,13H,7-12H2,1-3H3,(H2,19,20,21). The highest BCUT2D eigenvalue weighted by Gasteiger charge is 2.60. The first-order chi connectivity index (χ1) is 9.92. The van der Waals surface area contributed by atoms with Crippen LogP contribution in [0.2, 0.25) is 0 Å². The van der Waals surface area contributed by atoms with Gasteiger partial charge in [0.2, 0.25) is 0 Å². The van der Waals surface area contributed by atoms with Crippen LogP contribution in [0.3, 0.4) is 0 Å². The average molecular weight is 285 g/mol. The molecule has 1 heterocycles. The Balaban J connectivity index is 1.65. The molecule has 3 heteroatoms. The quantitative estimate of drug-likeness (QED) is 0.870. The fourth-order valence-electron chi connectivity index (χ4n) is 6.54. The molecule has 4 fully saturated rings. The Morgan fingerprint density at radius 1 is 1.10 bits per heavy atom. The van der Waals surface area contributed by atoms with E-state index in [0.717, 1.165) is 11.7 Å². The summed E-state index contributed by atoms with van der Waals surface area (Å²) in [6.07, 6.45) is 10.3. The van der Waals surface area contributed by atoms with Crippen LogP contribution < -0.4 is 10.6 Å². The molecular weight excluding hydrogens is 258 g/mol. The van der Waals surface area contributed by atoms with Gasteiger partial charge in [0.1, 0.15) is 5.82 Å². The maximum absolute atomic E-state index is 4.33. The van der Waals surface area contributed by atoms with Crippen LogP contribution in [0.5, 0.6) is 0 Å². The molecule has 0 aliphatic heterocycles. The first-order valence-corrected chi connectivity index (χ1v) is 8.34. The SMILES string of the molecule is CNc1cc(NC23CC4CC(C)(CC(C)(C4)C2)C3)ccn1. The predicted molar refractivity (Wildman–Crippen MR) is 87.5 cm³/mol. The molecule has 2 unspecified atom stereocenters. The van der Waals surface area contributed by atoms with Crippen LogP contribution in [0.1, 0.15) is 52.4 Å². The van der Waals surface area contributed by atoms with E-state index in [0.29, 0.717) is 16.4 Å². The normalized spacial score (nSPS) is 43.9. The second-order valence-electron chi connectivity index (χ2n) is 8.72. The maximum atomic E-state index is 4.33. The lowest BCUT2D eigenvalue weighted by Gasteiger charge is -2.65. The van der Waals surface area contributed by atoms with Gasteiger partial charge in [-0.3, -0.25) is 0 Å². The molecule has 21 heavy (non-hydrogen) atoms. The minimum atomic E-state index is 0.315. The number of pyridine rings is 1. The van der Waals surface area contributed by atoms with Crippen molar-refractivity contribution < 1.29 is 0 Å². The Morgan fingerprint density at radius 2 is 1.81 bits per heavy atom. The monoisotopic (exact) mass is 285 g/mol. The molecule has 114 valence electrons.